The molecule has 216 valence electrons. The number of pyridine rings is 1. The van der Waals surface area contributed by atoms with Crippen molar-refractivity contribution < 1.29 is 37.3 Å². The van der Waals surface area contributed by atoms with E-state index in [1.807, 2.05) is 6.07 Å². The first-order valence-electron chi connectivity index (χ1n) is 13.2. The highest BCUT2D eigenvalue weighted by Crippen LogP contribution is 2.42. The third-order valence-electron chi connectivity index (χ3n) is 7.44. The van der Waals surface area contributed by atoms with Gasteiger partial charge in [0.1, 0.15) is 11.9 Å². The fourth-order valence-corrected chi connectivity index (χ4v) is 5.32. The first kappa shape index (κ1) is 27.5. The number of alkyl halides is 3. The van der Waals surface area contributed by atoms with Crippen LogP contribution in [0.5, 0.6) is 5.75 Å². The number of ether oxygens (including phenoxy) is 2. The van der Waals surface area contributed by atoms with Crippen molar-refractivity contribution in [1.29, 1.82) is 0 Å². The number of carboxylic acids is 1. The molecule has 3 heterocycles. The highest BCUT2D eigenvalue weighted by molar-refractivity contribution is 6.06. The van der Waals surface area contributed by atoms with Crippen LogP contribution in [0, 0.1) is 0 Å². The number of nitrogens with zero attached hydrogens (tertiary/aromatic N) is 4. The van der Waals surface area contributed by atoms with Gasteiger partial charge in [-0.1, -0.05) is 6.07 Å². The number of amides is 1. The van der Waals surface area contributed by atoms with Crippen LogP contribution in [0.4, 0.5) is 18.9 Å². The normalized spacial score (nSPS) is 16.0. The highest BCUT2D eigenvalue weighted by Gasteiger charge is 2.42. The van der Waals surface area contributed by atoms with Crippen LogP contribution in [0.2, 0.25) is 0 Å². The van der Waals surface area contributed by atoms with Gasteiger partial charge in [-0.05, 0) is 67.8 Å². The van der Waals surface area contributed by atoms with Crippen molar-refractivity contribution in [3.05, 3.63) is 100 Å². The second-order valence-corrected chi connectivity index (χ2v) is 10.2. The predicted octanol–water partition coefficient (Wildman–Crippen LogP) is 5.75. The zero-order valence-electron chi connectivity index (χ0n) is 22.4. The van der Waals surface area contributed by atoms with Gasteiger partial charge in [0.15, 0.2) is 5.69 Å². The topological polar surface area (TPSA) is 107 Å². The minimum atomic E-state index is -4.70. The monoisotopic (exact) mass is 578 g/mol. The van der Waals surface area contributed by atoms with Crippen LogP contribution < -0.4 is 9.64 Å². The van der Waals surface area contributed by atoms with Crippen molar-refractivity contribution in [3.8, 4) is 11.4 Å². The van der Waals surface area contributed by atoms with Gasteiger partial charge in [0, 0.05) is 23.7 Å². The molecule has 0 saturated heterocycles. The summed E-state index contributed by atoms with van der Waals surface area (Å²) in [4.78, 5) is 30.5. The molecule has 42 heavy (non-hydrogen) atoms. The van der Waals surface area contributed by atoms with Crippen molar-refractivity contribution in [2.75, 3.05) is 11.9 Å². The number of anilines is 1. The second-order valence-electron chi connectivity index (χ2n) is 10.2. The lowest BCUT2D eigenvalue weighted by Gasteiger charge is -2.26. The number of rotatable bonds is 6. The molecule has 2 aliphatic rings. The summed E-state index contributed by atoms with van der Waals surface area (Å²) in [5, 5.41) is 13.2. The summed E-state index contributed by atoms with van der Waals surface area (Å²) >= 11 is 0. The molecule has 1 amide bonds. The molecule has 6 rings (SSSR count). The lowest BCUT2D eigenvalue weighted by molar-refractivity contribution is -0.142. The van der Waals surface area contributed by atoms with E-state index < -0.39 is 23.9 Å². The van der Waals surface area contributed by atoms with E-state index in [-0.39, 0.29) is 40.4 Å². The van der Waals surface area contributed by atoms with Crippen LogP contribution in [-0.4, -0.2) is 38.8 Å². The molecule has 12 heteroatoms. The summed E-state index contributed by atoms with van der Waals surface area (Å²) in [6.45, 7) is 0.828. The Balaban J connectivity index is 1.36. The fraction of sp³-hybridized carbons (Fsp3) is 0.267. The number of aromatic carboxylic acids is 1. The van der Waals surface area contributed by atoms with Gasteiger partial charge in [-0.15, -0.1) is 0 Å². The number of carboxylic acid groups (broad SMARTS) is 1. The summed E-state index contributed by atoms with van der Waals surface area (Å²) in [6, 6.07) is 13.8. The van der Waals surface area contributed by atoms with E-state index in [9.17, 15) is 27.9 Å². The van der Waals surface area contributed by atoms with Crippen LogP contribution in [-0.2, 0) is 30.5 Å². The molecule has 2 aromatic carbocycles. The molecule has 9 nitrogen and oxygen atoms in total. The molecule has 0 fully saturated rings. The molecule has 1 unspecified atom stereocenters. The minimum absolute atomic E-state index is 0.0428. The molecule has 1 aliphatic carbocycles. The number of halogens is 3. The van der Waals surface area contributed by atoms with Gasteiger partial charge in [0.25, 0.3) is 5.91 Å². The van der Waals surface area contributed by atoms with Gasteiger partial charge >= 0.3 is 12.1 Å². The standard InChI is InChI=1S/C30H25F3N4O5/c1-36(21-13-19-15-41-16-24(19)34-14-21)28(38)18-4-2-5-20(12-18)37-26-23(27(35-37)30(31,32)33)6-3-7-25(26)42-22-10-8-17(9-11-22)29(39)40/h2,4-5,8-14,25H,3,6-7,15-16H2,1H3,(H,39,40). The zero-order valence-corrected chi connectivity index (χ0v) is 22.4. The Bertz CT molecular complexity index is 1680. The minimum Gasteiger partial charge on any atom is -0.484 e. The van der Waals surface area contributed by atoms with Gasteiger partial charge in [0.2, 0.25) is 0 Å². The van der Waals surface area contributed by atoms with E-state index in [0.29, 0.717) is 37.5 Å². The molecule has 0 bridgehead atoms. The fourth-order valence-electron chi connectivity index (χ4n) is 5.32. The molecule has 0 spiro atoms. The Morgan fingerprint density at radius 3 is 2.62 bits per heavy atom. The van der Waals surface area contributed by atoms with E-state index >= 15 is 0 Å². The van der Waals surface area contributed by atoms with E-state index in [2.05, 4.69) is 10.1 Å². The maximum Gasteiger partial charge on any atom is 0.435 e. The molecule has 2 aromatic heterocycles. The molecular formula is C30H25F3N4O5. The summed E-state index contributed by atoms with van der Waals surface area (Å²) in [6.07, 6.45) is -2.86. The smallest absolute Gasteiger partial charge is 0.435 e. The largest absolute Gasteiger partial charge is 0.484 e. The maximum absolute atomic E-state index is 14.1. The number of fused-ring (bicyclic) bond motifs is 2. The molecular weight excluding hydrogens is 553 g/mol. The Hall–Kier alpha value is -4.71. The lowest BCUT2D eigenvalue weighted by Crippen LogP contribution is -2.26. The van der Waals surface area contributed by atoms with Crippen LogP contribution in [0.3, 0.4) is 0 Å². The number of carbonyl (C=O) groups excluding carboxylic acids is 1. The van der Waals surface area contributed by atoms with Gasteiger partial charge in [-0.3, -0.25) is 9.78 Å². The van der Waals surface area contributed by atoms with E-state index in [1.54, 1.807) is 31.4 Å². The average Bonchev–Trinajstić information content (AvgIpc) is 3.62. The molecule has 1 aliphatic heterocycles. The third kappa shape index (κ3) is 5.09. The summed E-state index contributed by atoms with van der Waals surface area (Å²) in [7, 11) is 1.60. The first-order valence-corrected chi connectivity index (χ1v) is 13.2. The number of carbonyl (C=O) groups is 2. The third-order valence-corrected chi connectivity index (χ3v) is 7.44. The SMILES string of the molecule is CN(C(=O)c1cccc(-n2nc(C(F)(F)F)c3c2C(Oc2ccc(C(=O)O)cc2)CCC3)c1)c1cnc2c(c1)COC2. The number of hydrogen-bond donors (Lipinski definition) is 1. The first-order chi connectivity index (χ1) is 20.1. The Morgan fingerprint density at radius 1 is 1.10 bits per heavy atom. The van der Waals surface area contributed by atoms with Crippen LogP contribution in [0.25, 0.3) is 5.69 Å². The van der Waals surface area contributed by atoms with Crippen molar-refractivity contribution in [1.82, 2.24) is 14.8 Å². The van der Waals surface area contributed by atoms with Gasteiger partial charge in [0.05, 0.1) is 47.7 Å². The predicted molar refractivity (Wildman–Crippen MR) is 144 cm³/mol. The highest BCUT2D eigenvalue weighted by atomic mass is 19.4. The van der Waals surface area contributed by atoms with Crippen molar-refractivity contribution in [3.63, 3.8) is 0 Å². The van der Waals surface area contributed by atoms with Crippen LogP contribution in [0.1, 0.15) is 67.9 Å². The summed E-state index contributed by atoms with van der Waals surface area (Å²) in [5.41, 5.74) is 2.16. The van der Waals surface area contributed by atoms with Crippen molar-refractivity contribution in [2.45, 2.75) is 44.8 Å². The molecule has 4 aromatic rings. The summed E-state index contributed by atoms with van der Waals surface area (Å²) in [5.74, 6) is -1.16. The molecule has 0 radical (unpaired) electrons. The average molecular weight is 579 g/mol. The Kier molecular flexibility index (Phi) is 6.93. The van der Waals surface area contributed by atoms with Crippen molar-refractivity contribution >= 4 is 17.6 Å². The number of benzene rings is 2. The Labute approximate surface area is 238 Å². The van der Waals surface area contributed by atoms with Gasteiger partial charge in [-0.25, -0.2) is 9.48 Å². The number of hydrogen-bond acceptors (Lipinski definition) is 6. The van der Waals surface area contributed by atoms with Crippen LogP contribution in [0.15, 0.2) is 60.8 Å². The maximum atomic E-state index is 14.1. The van der Waals surface area contributed by atoms with Gasteiger partial charge < -0.3 is 19.5 Å². The van der Waals surface area contributed by atoms with E-state index in [1.165, 1.54) is 39.9 Å². The van der Waals surface area contributed by atoms with Gasteiger partial charge in [-0.2, -0.15) is 18.3 Å². The number of aromatic nitrogens is 3. The second kappa shape index (κ2) is 10.6. The zero-order chi connectivity index (χ0) is 29.6. The molecule has 1 N–H and O–H groups in total. The molecule has 1 atom stereocenters. The van der Waals surface area contributed by atoms with Crippen LogP contribution >= 0.6 is 0 Å². The van der Waals surface area contributed by atoms with Crippen molar-refractivity contribution in [2.24, 2.45) is 0 Å². The lowest BCUT2D eigenvalue weighted by atomic mass is 9.92. The van der Waals surface area contributed by atoms with E-state index in [4.69, 9.17) is 9.47 Å². The molecule has 0 saturated carbocycles. The quantitative estimate of drug-likeness (QED) is 0.311. The van der Waals surface area contributed by atoms with E-state index in [0.717, 1.165) is 11.3 Å². The summed E-state index contributed by atoms with van der Waals surface area (Å²) < 4.78 is 55.1. The Morgan fingerprint density at radius 2 is 1.88 bits per heavy atom.